The molecule has 1 aliphatic heterocycles. The highest BCUT2D eigenvalue weighted by molar-refractivity contribution is 5.78. The van der Waals surface area contributed by atoms with Crippen molar-refractivity contribution in [3.8, 4) is 0 Å². The molecule has 0 unspecified atom stereocenters. The van der Waals surface area contributed by atoms with E-state index in [-0.39, 0.29) is 5.54 Å². The highest BCUT2D eigenvalue weighted by atomic mass is 16.2. The Bertz CT molecular complexity index is 322. The van der Waals surface area contributed by atoms with Crippen molar-refractivity contribution < 1.29 is 4.79 Å². The summed E-state index contributed by atoms with van der Waals surface area (Å²) in [6, 6.07) is 0.545. The van der Waals surface area contributed by atoms with Gasteiger partial charge in [0.05, 0.1) is 0 Å². The first-order valence-corrected chi connectivity index (χ1v) is 7.76. The molecular formula is C15H26N2O. The molecule has 0 aromatic carbocycles. The molecule has 3 rings (SSSR count). The zero-order valence-electron chi connectivity index (χ0n) is 11.4. The Balaban J connectivity index is 1.64. The van der Waals surface area contributed by atoms with E-state index in [9.17, 15) is 4.79 Å². The van der Waals surface area contributed by atoms with Crippen LogP contribution in [0.4, 0.5) is 0 Å². The molecule has 3 heteroatoms. The van der Waals surface area contributed by atoms with Gasteiger partial charge in [-0.1, -0.05) is 12.8 Å². The molecule has 0 radical (unpaired) electrons. The standard InChI is InChI=1S/C15H26N2O/c16-15(8-4-9-15)11-14(18)17-10-3-6-12-5-1-2-7-13(12)17/h12-13H,1-11,16H2/t12-,13-/m1/s1. The summed E-state index contributed by atoms with van der Waals surface area (Å²) in [5.74, 6) is 1.13. The number of fused-ring (bicyclic) bond motifs is 1. The lowest BCUT2D eigenvalue weighted by atomic mass is 9.74. The minimum absolute atomic E-state index is 0.154. The van der Waals surface area contributed by atoms with Gasteiger partial charge in [-0.05, 0) is 50.9 Å². The van der Waals surface area contributed by atoms with Crippen LogP contribution in [-0.2, 0) is 4.79 Å². The SMILES string of the molecule is NC1(CC(=O)N2CCC[C@H]3CCCC[C@H]32)CCC1. The summed E-state index contributed by atoms with van der Waals surface area (Å²) in [6.07, 6.45) is 11.7. The number of carbonyl (C=O) groups excluding carboxylic acids is 1. The molecule has 1 saturated heterocycles. The summed E-state index contributed by atoms with van der Waals surface area (Å²) < 4.78 is 0. The number of nitrogens with two attached hydrogens (primary N) is 1. The zero-order valence-corrected chi connectivity index (χ0v) is 11.4. The Hall–Kier alpha value is -0.570. The summed E-state index contributed by atoms with van der Waals surface area (Å²) in [4.78, 5) is 14.7. The van der Waals surface area contributed by atoms with Crippen molar-refractivity contribution in [1.29, 1.82) is 0 Å². The molecule has 1 heterocycles. The van der Waals surface area contributed by atoms with Crippen LogP contribution in [0.3, 0.4) is 0 Å². The fourth-order valence-corrected chi connectivity index (χ4v) is 4.14. The van der Waals surface area contributed by atoms with Gasteiger partial charge in [-0.2, -0.15) is 0 Å². The van der Waals surface area contributed by atoms with Gasteiger partial charge in [0.25, 0.3) is 0 Å². The lowest BCUT2D eigenvalue weighted by molar-refractivity contribution is -0.139. The van der Waals surface area contributed by atoms with Gasteiger partial charge in [-0.15, -0.1) is 0 Å². The van der Waals surface area contributed by atoms with E-state index in [0.29, 0.717) is 18.4 Å². The molecule has 2 atom stereocenters. The second-order valence-electron chi connectivity index (χ2n) is 6.73. The summed E-state index contributed by atoms with van der Waals surface area (Å²) in [5.41, 5.74) is 6.08. The summed E-state index contributed by atoms with van der Waals surface area (Å²) in [5, 5.41) is 0. The maximum Gasteiger partial charge on any atom is 0.224 e. The van der Waals surface area contributed by atoms with E-state index in [4.69, 9.17) is 5.73 Å². The molecule has 102 valence electrons. The van der Waals surface area contributed by atoms with Crippen molar-refractivity contribution in [2.75, 3.05) is 6.54 Å². The van der Waals surface area contributed by atoms with Crippen LogP contribution < -0.4 is 5.73 Å². The molecule has 3 nitrogen and oxygen atoms in total. The van der Waals surface area contributed by atoms with Crippen molar-refractivity contribution in [1.82, 2.24) is 4.90 Å². The van der Waals surface area contributed by atoms with E-state index >= 15 is 0 Å². The van der Waals surface area contributed by atoms with Crippen LogP contribution in [0.15, 0.2) is 0 Å². The van der Waals surface area contributed by atoms with Gasteiger partial charge in [0.2, 0.25) is 5.91 Å². The van der Waals surface area contributed by atoms with Crippen LogP contribution in [0.25, 0.3) is 0 Å². The quantitative estimate of drug-likeness (QED) is 0.818. The molecular weight excluding hydrogens is 224 g/mol. The van der Waals surface area contributed by atoms with Crippen molar-refractivity contribution in [2.45, 2.75) is 75.8 Å². The Labute approximate surface area is 110 Å². The summed E-state index contributed by atoms with van der Waals surface area (Å²) in [7, 11) is 0. The minimum atomic E-state index is -0.154. The highest BCUT2D eigenvalue weighted by Crippen LogP contribution is 2.37. The van der Waals surface area contributed by atoms with Crippen LogP contribution in [0.2, 0.25) is 0 Å². The van der Waals surface area contributed by atoms with Crippen LogP contribution in [-0.4, -0.2) is 28.9 Å². The van der Waals surface area contributed by atoms with Crippen molar-refractivity contribution in [3.63, 3.8) is 0 Å². The predicted molar refractivity (Wildman–Crippen MR) is 72.1 cm³/mol. The average molecular weight is 250 g/mol. The lowest BCUT2D eigenvalue weighted by Gasteiger charge is -2.46. The Morgan fingerprint density at radius 1 is 1.11 bits per heavy atom. The maximum atomic E-state index is 12.5. The van der Waals surface area contributed by atoms with E-state index in [1.54, 1.807) is 0 Å². The third-order valence-electron chi connectivity index (χ3n) is 5.42. The van der Waals surface area contributed by atoms with Crippen LogP contribution in [0.5, 0.6) is 0 Å². The number of hydrogen-bond donors (Lipinski definition) is 1. The number of piperidine rings is 1. The monoisotopic (exact) mass is 250 g/mol. The van der Waals surface area contributed by atoms with Crippen molar-refractivity contribution in [2.24, 2.45) is 11.7 Å². The molecule has 1 amide bonds. The van der Waals surface area contributed by atoms with E-state index in [2.05, 4.69) is 4.90 Å². The normalized spacial score (nSPS) is 34.6. The third kappa shape index (κ3) is 2.29. The van der Waals surface area contributed by atoms with Crippen molar-refractivity contribution >= 4 is 5.91 Å². The molecule has 3 fully saturated rings. The Morgan fingerprint density at radius 2 is 1.83 bits per heavy atom. The minimum Gasteiger partial charge on any atom is -0.339 e. The molecule has 18 heavy (non-hydrogen) atoms. The summed E-state index contributed by atoms with van der Waals surface area (Å²) >= 11 is 0. The average Bonchev–Trinajstić information content (AvgIpc) is 2.36. The van der Waals surface area contributed by atoms with Gasteiger partial charge in [-0.3, -0.25) is 4.79 Å². The second-order valence-corrected chi connectivity index (χ2v) is 6.73. The molecule has 0 aromatic rings. The van der Waals surface area contributed by atoms with Crippen LogP contribution in [0.1, 0.15) is 64.2 Å². The van der Waals surface area contributed by atoms with Gasteiger partial charge in [0.15, 0.2) is 0 Å². The van der Waals surface area contributed by atoms with Crippen molar-refractivity contribution in [3.05, 3.63) is 0 Å². The molecule has 0 spiro atoms. The highest BCUT2D eigenvalue weighted by Gasteiger charge is 2.40. The molecule has 0 bridgehead atoms. The first-order chi connectivity index (χ1) is 8.68. The fourth-order valence-electron chi connectivity index (χ4n) is 4.14. The van der Waals surface area contributed by atoms with Crippen LogP contribution in [0, 0.1) is 5.92 Å². The maximum absolute atomic E-state index is 12.5. The molecule has 3 aliphatic rings. The lowest BCUT2D eigenvalue weighted by Crippen LogP contribution is -2.55. The number of likely N-dealkylation sites (tertiary alicyclic amines) is 1. The summed E-state index contributed by atoms with van der Waals surface area (Å²) in [6.45, 7) is 0.982. The van der Waals surface area contributed by atoms with Gasteiger partial charge in [-0.25, -0.2) is 0 Å². The first kappa shape index (κ1) is 12.5. The number of nitrogens with zero attached hydrogens (tertiary/aromatic N) is 1. The second kappa shape index (κ2) is 4.84. The largest absolute Gasteiger partial charge is 0.339 e. The Morgan fingerprint density at radius 3 is 2.56 bits per heavy atom. The molecule has 2 aliphatic carbocycles. The smallest absolute Gasteiger partial charge is 0.224 e. The number of rotatable bonds is 2. The number of hydrogen-bond acceptors (Lipinski definition) is 2. The predicted octanol–water partition coefficient (Wildman–Crippen LogP) is 2.44. The molecule has 0 aromatic heterocycles. The van der Waals surface area contributed by atoms with E-state index in [1.165, 1.54) is 44.9 Å². The molecule has 2 N–H and O–H groups in total. The third-order valence-corrected chi connectivity index (χ3v) is 5.42. The van der Waals surface area contributed by atoms with Gasteiger partial charge >= 0.3 is 0 Å². The first-order valence-electron chi connectivity index (χ1n) is 7.76. The number of carbonyl (C=O) groups is 1. The fraction of sp³-hybridized carbons (Fsp3) is 0.933. The van der Waals surface area contributed by atoms with E-state index in [0.717, 1.165) is 25.3 Å². The topological polar surface area (TPSA) is 46.3 Å². The van der Waals surface area contributed by atoms with E-state index in [1.807, 2.05) is 0 Å². The Kier molecular flexibility index (Phi) is 3.35. The zero-order chi connectivity index (χ0) is 12.6. The number of amides is 1. The van der Waals surface area contributed by atoms with Gasteiger partial charge < -0.3 is 10.6 Å². The molecule has 2 saturated carbocycles. The van der Waals surface area contributed by atoms with E-state index < -0.39 is 0 Å². The van der Waals surface area contributed by atoms with Gasteiger partial charge in [0.1, 0.15) is 0 Å². The van der Waals surface area contributed by atoms with Gasteiger partial charge in [0, 0.05) is 24.5 Å². The van der Waals surface area contributed by atoms with Crippen LogP contribution >= 0.6 is 0 Å².